The van der Waals surface area contributed by atoms with E-state index < -0.39 is 6.17 Å². The van der Waals surface area contributed by atoms with E-state index in [1.165, 1.54) is 0 Å². The quantitative estimate of drug-likeness (QED) is 0.706. The van der Waals surface area contributed by atoms with Crippen molar-refractivity contribution in [3.63, 3.8) is 0 Å². The Hall–Kier alpha value is -2.21. The van der Waals surface area contributed by atoms with Crippen molar-refractivity contribution >= 4 is 21.6 Å². The molecule has 23 heavy (non-hydrogen) atoms. The molecule has 0 aliphatic carbocycles. The van der Waals surface area contributed by atoms with E-state index in [9.17, 15) is 4.39 Å². The number of aromatic amines is 1. The fraction of sp³-hybridized carbons (Fsp3) is 0.176. The predicted octanol–water partition coefficient (Wildman–Crippen LogP) is 4.06. The molecule has 3 aromatic rings. The summed E-state index contributed by atoms with van der Waals surface area (Å²) in [5.41, 5.74) is 4.93. The van der Waals surface area contributed by atoms with Gasteiger partial charge in [-0.1, -0.05) is 12.1 Å². The van der Waals surface area contributed by atoms with Gasteiger partial charge < -0.3 is 4.90 Å². The van der Waals surface area contributed by atoms with E-state index in [-0.39, 0.29) is 0 Å². The second kappa shape index (κ2) is 5.77. The number of pyridine rings is 1. The van der Waals surface area contributed by atoms with E-state index in [0.717, 1.165) is 32.8 Å². The van der Waals surface area contributed by atoms with Crippen molar-refractivity contribution in [2.75, 3.05) is 18.0 Å². The van der Waals surface area contributed by atoms with Gasteiger partial charge in [-0.25, -0.2) is 9.37 Å². The van der Waals surface area contributed by atoms with Crippen LogP contribution in [0.5, 0.6) is 0 Å². The Kier molecular flexibility index (Phi) is 3.61. The Morgan fingerprint density at radius 1 is 1.09 bits per heavy atom. The second-order valence-corrected chi connectivity index (χ2v) is 6.40. The van der Waals surface area contributed by atoms with E-state index in [2.05, 4.69) is 31.1 Å². The molecule has 0 amide bonds. The molecule has 2 aromatic heterocycles. The summed E-state index contributed by atoms with van der Waals surface area (Å²) in [5.74, 6) is 0. The van der Waals surface area contributed by atoms with E-state index in [4.69, 9.17) is 0 Å². The first-order valence-corrected chi connectivity index (χ1v) is 8.15. The van der Waals surface area contributed by atoms with Crippen LogP contribution >= 0.6 is 15.9 Å². The zero-order valence-corrected chi connectivity index (χ0v) is 13.8. The first kappa shape index (κ1) is 14.4. The fourth-order valence-corrected chi connectivity index (χ4v) is 3.03. The molecule has 4 nitrogen and oxygen atoms in total. The molecule has 0 atom stereocenters. The summed E-state index contributed by atoms with van der Waals surface area (Å²) in [6, 6.07) is 14.0. The number of H-pyrrole nitrogens is 1. The van der Waals surface area contributed by atoms with Crippen molar-refractivity contribution in [3.05, 3.63) is 53.3 Å². The van der Waals surface area contributed by atoms with E-state index in [0.29, 0.717) is 13.1 Å². The lowest BCUT2D eigenvalue weighted by atomic mass is 10.1. The molecule has 0 unspecified atom stereocenters. The Morgan fingerprint density at radius 3 is 2.57 bits per heavy atom. The summed E-state index contributed by atoms with van der Waals surface area (Å²) >= 11 is 3.37. The number of hydrogen-bond donors (Lipinski definition) is 1. The van der Waals surface area contributed by atoms with E-state index in [1.807, 2.05) is 47.4 Å². The molecule has 6 heteroatoms. The number of nitrogens with zero attached hydrogens (tertiary/aromatic N) is 3. The predicted molar refractivity (Wildman–Crippen MR) is 92.1 cm³/mol. The number of rotatable bonds is 3. The molecule has 3 heterocycles. The second-order valence-electron chi connectivity index (χ2n) is 5.58. The maximum Gasteiger partial charge on any atom is 0.135 e. The molecule has 1 aliphatic rings. The Morgan fingerprint density at radius 2 is 1.87 bits per heavy atom. The molecule has 0 saturated carbocycles. The molecule has 1 saturated heterocycles. The van der Waals surface area contributed by atoms with Crippen LogP contribution < -0.4 is 4.90 Å². The number of halogens is 2. The van der Waals surface area contributed by atoms with Crippen molar-refractivity contribution in [1.82, 2.24) is 15.2 Å². The van der Waals surface area contributed by atoms with Crippen LogP contribution in [-0.4, -0.2) is 34.4 Å². The Labute approximate surface area is 141 Å². The molecule has 1 aliphatic heterocycles. The summed E-state index contributed by atoms with van der Waals surface area (Å²) in [7, 11) is 0. The molecule has 0 bridgehead atoms. The van der Waals surface area contributed by atoms with Crippen LogP contribution in [0.1, 0.15) is 0 Å². The highest BCUT2D eigenvalue weighted by molar-refractivity contribution is 9.10. The molecule has 0 spiro atoms. The van der Waals surface area contributed by atoms with Crippen molar-refractivity contribution in [2.45, 2.75) is 6.17 Å². The van der Waals surface area contributed by atoms with E-state index in [1.54, 1.807) is 6.20 Å². The zero-order valence-electron chi connectivity index (χ0n) is 12.2. The molecule has 1 N–H and O–H groups in total. The minimum absolute atomic E-state index is 0.491. The number of aromatic nitrogens is 3. The zero-order chi connectivity index (χ0) is 15.8. The van der Waals surface area contributed by atoms with Gasteiger partial charge in [0.05, 0.1) is 24.5 Å². The summed E-state index contributed by atoms with van der Waals surface area (Å²) in [6.07, 6.45) is 1.05. The third kappa shape index (κ3) is 2.86. The highest BCUT2D eigenvalue weighted by atomic mass is 79.9. The molecular formula is C17H14BrFN4. The lowest BCUT2D eigenvalue weighted by Crippen LogP contribution is -2.48. The summed E-state index contributed by atoms with van der Waals surface area (Å²) < 4.78 is 13.7. The number of hydrogen-bond acceptors (Lipinski definition) is 3. The summed E-state index contributed by atoms with van der Waals surface area (Å²) in [5, 5.41) is 7.43. The maximum atomic E-state index is 12.9. The minimum atomic E-state index is -0.690. The summed E-state index contributed by atoms with van der Waals surface area (Å²) in [6.45, 7) is 0.981. The SMILES string of the molecule is [18F]C1CN(c2ccc(-c3cc(-c4ccnc(Br)c4)n[nH]3)cc2)C1. The topological polar surface area (TPSA) is 44.8 Å². The fourth-order valence-electron chi connectivity index (χ4n) is 2.67. The first-order chi connectivity index (χ1) is 11.2. The number of alkyl halides is 1. The molecule has 4 rings (SSSR count). The smallest absolute Gasteiger partial charge is 0.135 e. The molecule has 116 valence electrons. The minimum Gasteiger partial charge on any atom is -0.366 e. The first-order valence-electron chi connectivity index (χ1n) is 7.36. The van der Waals surface area contributed by atoms with Crippen LogP contribution in [-0.2, 0) is 0 Å². The highest BCUT2D eigenvalue weighted by Gasteiger charge is 2.26. The van der Waals surface area contributed by atoms with Crippen LogP contribution in [0.3, 0.4) is 0 Å². The average Bonchev–Trinajstić information content (AvgIpc) is 3.02. The highest BCUT2D eigenvalue weighted by Crippen LogP contribution is 2.28. The van der Waals surface area contributed by atoms with Gasteiger partial charge in [-0.15, -0.1) is 0 Å². The van der Waals surface area contributed by atoms with Gasteiger partial charge in [-0.05, 0) is 51.8 Å². The maximum absolute atomic E-state index is 12.9. The summed E-state index contributed by atoms with van der Waals surface area (Å²) in [4.78, 5) is 6.15. The third-order valence-electron chi connectivity index (χ3n) is 3.98. The Balaban J connectivity index is 1.57. The molecule has 1 aromatic carbocycles. The van der Waals surface area contributed by atoms with Crippen molar-refractivity contribution in [1.29, 1.82) is 0 Å². The molecule has 0 radical (unpaired) electrons. The lowest BCUT2D eigenvalue weighted by molar-refractivity contribution is 0.275. The van der Waals surface area contributed by atoms with Gasteiger partial charge in [0, 0.05) is 17.4 Å². The standard InChI is InChI=1S/C17H14BrFN4/c18-17-7-12(5-6-20-17)16-8-15(21-22-16)11-1-3-14(4-2-11)23-9-13(19)10-23/h1-8,13H,9-10H2,(H,21,22)/i19-1. The number of nitrogens with one attached hydrogen (secondary N) is 1. The molecule has 1 fully saturated rings. The van der Waals surface area contributed by atoms with Crippen LogP contribution in [0.15, 0.2) is 53.3 Å². The van der Waals surface area contributed by atoms with Gasteiger partial charge >= 0.3 is 0 Å². The van der Waals surface area contributed by atoms with Crippen molar-refractivity contribution in [2.24, 2.45) is 0 Å². The van der Waals surface area contributed by atoms with Crippen molar-refractivity contribution in [3.8, 4) is 22.5 Å². The van der Waals surface area contributed by atoms with Crippen LogP contribution in [0.2, 0.25) is 0 Å². The van der Waals surface area contributed by atoms with Crippen LogP contribution in [0, 0.1) is 0 Å². The number of anilines is 1. The van der Waals surface area contributed by atoms with Gasteiger partial charge in [0.25, 0.3) is 0 Å². The van der Waals surface area contributed by atoms with Crippen LogP contribution in [0.25, 0.3) is 22.5 Å². The van der Waals surface area contributed by atoms with Crippen molar-refractivity contribution < 1.29 is 4.39 Å². The van der Waals surface area contributed by atoms with E-state index >= 15 is 0 Å². The lowest BCUT2D eigenvalue weighted by Gasteiger charge is -2.36. The van der Waals surface area contributed by atoms with Gasteiger partial charge in [0.15, 0.2) is 0 Å². The monoisotopic (exact) mass is 371 g/mol. The molecular weight excluding hydrogens is 358 g/mol. The number of benzene rings is 1. The largest absolute Gasteiger partial charge is 0.366 e. The van der Waals surface area contributed by atoms with Gasteiger partial charge in [-0.3, -0.25) is 5.10 Å². The van der Waals surface area contributed by atoms with Crippen LogP contribution in [0.4, 0.5) is 10.1 Å². The van der Waals surface area contributed by atoms with Gasteiger partial charge in [0.2, 0.25) is 0 Å². The van der Waals surface area contributed by atoms with Gasteiger partial charge in [-0.2, -0.15) is 5.10 Å². The normalized spacial score (nSPS) is 14.8. The third-order valence-corrected chi connectivity index (χ3v) is 4.41. The average molecular weight is 372 g/mol. The van der Waals surface area contributed by atoms with Gasteiger partial charge in [0.1, 0.15) is 10.8 Å². The Bertz CT molecular complexity index is 825.